The van der Waals surface area contributed by atoms with Crippen LogP contribution in [0.3, 0.4) is 0 Å². The number of hydrogen-bond donors (Lipinski definition) is 2. The van der Waals surface area contributed by atoms with E-state index in [1.54, 1.807) is 14.1 Å². The van der Waals surface area contributed by atoms with Crippen molar-refractivity contribution < 1.29 is 9.90 Å². The van der Waals surface area contributed by atoms with Crippen LogP contribution in [0.25, 0.3) is 0 Å². The van der Waals surface area contributed by atoms with Crippen LogP contribution in [0.4, 0.5) is 0 Å². The van der Waals surface area contributed by atoms with Crippen LogP contribution >= 0.6 is 0 Å². The van der Waals surface area contributed by atoms with E-state index in [-0.39, 0.29) is 5.91 Å². The molecule has 4 nitrogen and oxygen atoms in total. The smallest absolute Gasteiger partial charge is 0.241 e. The van der Waals surface area contributed by atoms with E-state index in [2.05, 4.69) is 0 Å². The van der Waals surface area contributed by atoms with Gasteiger partial charge in [-0.2, -0.15) is 0 Å². The zero-order valence-electron chi connectivity index (χ0n) is 6.53. The van der Waals surface area contributed by atoms with Gasteiger partial charge in [0.2, 0.25) is 5.91 Å². The molecular weight excluding hydrogens is 132 g/mol. The molecule has 0 saturated heterocycles. The number of carbonyl (C=O) groups excluding carboxylic acids is 1. The lowest BCUT2D eigenvalue weighted by Crippen LogP contribution is -2.46. The Morgan fingerprint density at radius 1 is 1.60 bits per heavy atom. The highest BCUT2D eigenvalue weighted by molar-refractivity contribution is 5.81. The molecule has 2 atom stereocenters. The molecule has 0 radical (unpaired) electrons. The number of nitrogens with zero attached hydrogens (tertiary/aromatic N) is 1. The molecule has 0 aliphatic carbocycles. The van der Waals surface area contributed by atoms with Crippen molar-refractivity contribution in [2.24, 2.45) is 5.73 Å². The predicted octanol–water partition coefficient (Wildman–Crippen LogP) is -1.22. The molecule has 0 spiro atoms. The van der Waals surface area contributed by atoms with E-state index in [9.17, 15) is 4.79 Å². The van der Waals surface area contributed by atoms with Gasteiger partial charge >= 0.3 is 0 Å². The molecule has 0 aromatic heterocycles. The molecular formula is C6H14N2O2. The van der Waals surface area contributed by atoms with Gasteiger partial charge in [0.1, 0.15) is 6.04 Å². The van der Waals surface area contributed by atoms with Crippen LogP contribution in [0.5, 0.6) is 0 Å². The minimum Gasteiger partial charge on any atom is -0.391 e. The van der Waals surface area contributed by atoms with Crippen LogP contribution in [0.2, 0.25) is 0 Å². The van der Waals surface area contributed by atoms with E-state index in [1.165, 1.54) is 11.8 Å². The van der Waals surface area contributed by atoms with E-state index < -0.39 is 12.1 Å². The lowest BCUT2D eigenvalue weighted by molar-refractivity contribution is -0.132. The SMILES string of the molecule is C[C@H](O)[C@H](N)C(=O)N(C)C. The number of carbonyl (C=O) groups is 1. The largest absolute Gasteiger partial charge is 0.391 e. The van der Waals surface area contributed by atoms with E-state index >= 15 is 0 Å². The summed E-state index contributed by atoms with van der Waals surface area (Å²) in [6, 6.07) is -0.796. The average molecular weight is 146 g/mol. The van der Waals surface area contributed by atoms with Crippen molar-refractivity contribution >= 4 is 5.91 Å². The molecule has 0 aliphatic rings. The van der Waals surface area contributed by atoms with Gasteiger partial charge in [-0.1, -0.05) is 0 Å². The maximum absolute atomic E-state index is 10.9. The van der Waals surface area contributed by atoms with E-state index in [0.717, 1.165) is 0 Å². The van der Waals surface area contributed by atoms with Crippen molar-refractivity contribution in [1.82, 2.24) is 4.90 Å². The standard InChI is InChI=1S/C6H14N2O2/c1-4(9)5(7)6(10)8(2)3/h4-5,9H,7H2,1-3H3/t4-,5-/m0/s1. The van der Waals surface area contributed by atoms with Gasteiger partial charge < -0.3 is 15.7 Å². The van der Waals surface area contributed by atoms with Crippen molar-refractivity contribution in [3.8, 4) is 0 Å². The summed E-state index contributed by atoms with van der Waals surface area (Å²) in [7, 11) is 3.20. The third-order valence-corrected chi connectivity index (χ3v) is 1.25. The molecule has 0 heterocycles. The third kappa shape index (κ3) is 2.33. The van der Waals surface area contributed by atoms with Crippen molar-refractivity contribution in [3.05, 3.63) is 0 Å². The summed E-state index contributed by atoms with van der Waals surface area (Å²) in [6.45, 7) is 1.49. The van der Waals surface area contributed by atoms with Gasteiger partial charge in [-0.25, -0.2) is 0 Å². The van der Waals surface area contributed by atoms with Gasteiger partial charge in [0.05, 0.1) is 6.10 Å². The fraction of sp³-hybridized carbons (Fsp3) is 0.833. The Labute approximate surface area is 60.6 Å². The van der Waals surface area contributed by atoms with Crippen molar-refractivity contribution in [2.45, 2.75) is 19.1 Å². The normalized spacial score (nSPS) is 16.1. The summed E-state index contributed by atoms with van der Waals surface area (Å²) in [6.07, 6.45) is -0.783. The van der Waals surface area contributed by atoms with Gasteiger partial charge in [0.25, 0.3) is 0 Å². The molecule has 0 aliphatic heterocycles. The minimum atomic E-state index is -0.796. The number of rotatable bonds is 2. The Morgan fingerprint density at radius 3 is 2.10 bits per heavy atom. The Balaban J connectivity index is 3.95. The van der Waals surface area contributed by atoms with Crippen molar-refractivity contribution in [3.63, 3.8) is 0 Å². The molecule has 0 rings (SSSR count). The average Bonchev–Trinajstić information content (AvgIpc) is 1.84. The molecule has 1 amide bonds. The maximum atomic E-state index is 10.9. The van der Waals surface area contributed by atoms with E-state index in [1.807, 2.05) is 0 Å². The molecule has 0 saturated carbocycles. The second-order valence-corrected chi connectivity index (χ2v) is 2.50. The molecule has 3 N–H and O–H groups in total. The first-order valence-electron chi connectivity index (χ1n) is 3.11. The molecule has 10 heavy (non-hydrogen) atoms. The Morgan fingerprint density at radius 2 is 2.00 bits per heavy atom. The Bertz CT molecular complexity index is 123. The minimum absolute atomic E-state index is 0.255. The number of amides is 1. The highest BCUT2D eigenvalue weighted by Crippen LogP contribution is 1.91. The van der Waals surface area contributed by atoms with Crippen LogP contribution in [-0.4, -0.2) is 42.2 Å². The van der Waals surface area contributed by atoms with E-state index in [0.29, 0.717) is 0 Å². The van der Waals surface area contributed by atoms with Crippen molar-refractivity contribution in [2.75, 3.05) is 14.1 Å². The fourth-order valence-corrected chi connectivity index (χ4v) is 0.504. The highest BCUT2D eigenvalue weighted by atomic mass is 16.3. The predicted molar refractivity (Wildman–Crippen MR) is 38.4 cm³/mol. The Kier molecular flexibility index (Phi) is 3.32. The van der Waals surface area contributed by atoms with Gasteiger partial charge in [-0.15, -0.1) is 0 Å². The van der Waals surface area contributed by atoms with Crippen LogP contribution < -0.4 is 5.73 Å². The number of likely N-dealkylation sites (N-methyl/N-ethyl adjacent to an activating group) is 1. The monoisotopic (exact) mass is 146 g/mol. The molecule has 0 aromatic rings. The zero-order valence-corrected chi connectivity index (χ0v) is 6.53. The summed E-state index contributed by atoms with van der Waals surface area (Å²) in [5.41, 5.74) is 5.32. The molecule has 0 fully saturated rings. The Hall–Kier alpha value is -0.610. The number of nitrogens with two attached hydrogens (primary N) is 1. The first-order valence-corrected chi connectivity index (χ1v) is 3.11. The third-order valence-electron chi connectivity index (χ3n) is 1.25. The number of aliphatic hydroxyl groups is 1. The second kappa shape index (κ2) is 3.53. The summed E-state index contributed by atoms with van der Waals surface area (Å²) >= 11 is 0. The maximum Gasteiger partial charge on any atom is 0.241 e. The van der Waals surface area contributed by atoms with Gasteiger partial charge in [-0.05, 0) is 6.92 Å². The van der Waals surface area contributed by atoms with Gasteiger partial charge in [0.15, 0.2) is 0 Å². The van der Waals surface area contributed by atoms with Crippen LogP contribution in [0, 0.1) is 0 Å². The number of hydrogen-bond acceptors (Lipinski definition) is 3. The van der Waals surface area contributed by atoms with Gasteiger partial charge in [-0.3, -0.25) is 4.79 Å². The molecule has 4 heteroatoms. The first-order chi connectivity index (χ1) is 4.46. The molecule has 60 valence electrons. The molecule has 0 bridgehead atoms. The van der Waals surface area contributed by atoms with Crippen LogP contribution in [-0.2, 0) is 4.79 Å². The lowest BCUT2D eigenvalue weighted by atomic mass is 10.2. The summed E-state index contributed by atoms with van der Waals surface area (Å²) in [5, 5.41) is 8.87. The summed E-state index contributed by atoms with van der Waals surface area (Å²) in [4.78, 5) is 12.3. The lowest BCUT2D eigenvalue weighted by Gasteiger charge is -2.18. The first kappa shape index (κ1) is 9.39. The highest BCUT2D eigenvalue weighted by Gasteiger charge is 2.19. The summed E-state index contributed by atoms with van der Waals surface area (Å²) in [5.74, 6) is -0.255. The fourth-order valence-electron chi connectivity index (χ4n) is 0.504. The van der Waals surface area contributed by atoms with Gasteiger partial charge in [0, 0.05) is 14.1 Å². The molecule has 0 aromatic carbocycles. The van der Waals surface area contributed by atoms with E-state index in [4.69, 9.17) is 10.8 Å². The molecule has 0 unspecified atom stereocenters. The van der Waals surface area contributed by atoms with Crippen LogP contribution in [0.15, 0.2) is 0 Å². The number of aliphatic hydroxyl groups excluding tert-OH is 1. The van der Waals surface area contributed by atoms with Crippen LogP contribution in [0.1, 0.15) is 6.92 Å². The topological polar surface area (TPSA) is 66.6 Å². The zero-order chi connectivity index (χ0) is 8.31. The second-order valence-electron chi connectivity index (χ2n) is 2.50. The quantitative estimate of drug-likeness (QED) is 0.513. The van der Waals surface area contributed by atoms with Crippen molar-refractivity contribution in [1.29, 1.82) is 0 Å². The summed E-state index contributed by atoms with van der Waals surface area (Å²) < 4.78 is 0.